The summed E-state index contributed by atoms with van der Waals surface area (Å²) in [4.78, 5) is 23.5. The minimum absolute atomic E-state index is 0.00558. The standard InChI is InChI=1S/C21H30F2N2O4/c1-3-4-5-6-21(29)25-18(7-8-26)13-20(28)19(24-14(2)27)11-15-9-16(22)12-17(23)10-15/h5-6,9-10,12,18-20,26,28H,3-4,7-8,11,13H2,1-2H3,(H,24,27)(H,25,29)/b6-5+/t18?,19-,20-/m0/s1. The van der Waals surface area contributed by atoms with Gasteiger partial charge in [-0.15, -0.1) is 0 Å². The third-order valence-corrected chi connectivity index (χ3v) is 4.31. The summed E-state index contributed by atoms with van der Waals surface area (Å²) in [6.45, 7) is 3.06. The van der Waals surface area contributed by atoms with Crippen molar-refractivity contribution in [1.29, 1.82) is 0 Å². The molecule has 1 aromatic carbocycles. The first-order valence-corrected chi connectivity index (χ1v) is 9.73. The van der Waals surface area contributed by atoms with Crippen LogP contribution in [0.25, 0.3) is 0 Å². The number of allylic oxidation sites excluding steroid dienone is 1. The molecule has 2 amide bonds. The molecule has 0 bridgehead atoms. The average molecular weight is 412 g/mol. The number of benzene rings is 1. The van der Waals surface area contributed by atoms with Gasteiger partial charge in [-0.3, -0.25) is 9.59 Å². The lowest BCUT2D eigenvalue weighted by atomic mass is 9.95. The van der Waals surface area contributed by atoms with Crippen molar-refractivity contribution in [1.82, 2.24) is 10.6 Å². The van der Waals surface area contributed by atoms with Gasteiger partial charge in [-0.05, 0) is 49.5 Å². The first kappa shape index (κ1) is 24.7. The molecule has 8 heteroatoms. The summed E-state index contributed by atoms with van der Waals surface area (Å²) in [7, 11) is 0. The van der Waals surface area contributed by atoms with Gasteiger partial charge in [0.05, 0.1) is 12.1 Å². The first-order chi connectivity index (χ1) is 13.7. The van der Waals surface area contributed by atoms with Gasteiger partial charge in [0.1, 0.15) is 11.6 Å². The normalized spacial score (nSPS) is 14.4. The monoisotopic (exact) mass is 412 g/mol. The number of halogens is 2. The third kappa shape index (κ3) is 10.1. The highest BCUT2D eigenvalue weighted by Crippen LogP contribution is 2.15. The Labute approximate surface area is 170 Å². The summed E-state index contributed by atoms with van der Waals surface area (Å²) in [5.41, 5.74) is 0.283. The van der Waals surface area contributed by atoms with E-state index in [9.17, 15) is 28.6 Å². The van der Waals surface area contributed by atoms with Crippen LogP contribution >= 0.6 is 0 Å². The Morgan fingerprint density at radius 3 is 2.38 bits per heavy atom. The highest BCUT2D eigenvalue weighted by atomic mass is 19.1. The van der Waals surface area contributed by atoms with Crippen molar-refractivity contribution in [2.75, 3.05) is 6.61 Å². The fourth-order valence-electron chi connectivity index (χ4n) is 2.99. The average Bonchev–Trinajstić information content (AvgIpc) is 2.60. The number of carbonyl (C=O) groups excluding carboxylic acids is 2. The second kappa shape index (κ2) is 13.0. The molecule has 1 unspecified atom stereocenters. The summed E-state index contributed by atoms with van der Waals surface area (Å²) in [6, 6.07) is 1.66. The van der Waals surface area contributed by atoms with Crippen molar-refractivity contribution >= 4 is 11.8 Å². The third-order valence-electron chi connectivity index (χ3n) is 4.31. The molecule has 1 rings (SSSR count). The van der Waals surface area contributed by atoms with E-state index in [-0.39, 0.29) is 37.3 Å². The van der Waals surface area contributed by atoms with Crippen molar-refractivity contribution in [3.05, 3.63) is 47.5 Å². The van der Waals surface area contributed by atoms with E-state index < -0.39 is 35.7 Å². The van der Waals surface area contributed by atoms with Crippen LogP contribution in [0.4, 0.5) is 8.78 Å². The Hall–Kier alpha value is -2.32. The summed E-state index contributed by atoms with van der Waals surface area (Å²) in [5, 5.41) is 25.2. The van der Waals surface area contributed by atoms with Crippen molar-refractivity contribution in [2.45, 2.75) is 64.1 Å². The Morgan fingerprint density at radius 1 is 1.17 bits per heavy atom. The molecule has 0 aromatic heterocycles. The lowest BCUT2D eigenvalue weighted by molar-refractivity contribution is -0.121. The fraction of sp³-hybridized carbons (Fsp3) is 0.524. The minimum Gasteiger partial charge on any atom is -0.396 e. The first-order valence-electron chi connectivity index (χ1n) is 9.73. The van der Waals surface area contributed by atoms with Crippen LogP contribution < -0.4 is 10.6 Å². The lowest BCUT2D eigenvalue weighted by Gasteiger charge is -2.27. The van der Waals surface area contributed by atoms with Gasteiger partial charge in [0.25, 0.3) is 0 Å². The second-order valence-electron chi connectivity index (χ2n) is 7.00. The molecule has 1 aromatic rings. The Bertz CT molecular complexity index is 677. The SMILES string of the molecule is CCC/C=C/C(=O)NC(CCO)C[C@H](O)[C@H](Cc1cc(F)cc(F)c1)NC(C)=O. The molecule has 0 fully saturated rings. The molecule has 4 N–H and O–H groups in total. The summed E-state index contributed by atoms with van der Waals surface area (Å²) in [6.07, 6.45) is 3.97. The van der Waals surface area contributed by atoms with E-state index in [1.165, 1.54) is 13.0 Å². The highest BCUT2D eigenvalue weighted by molar-refractivity contribution is 5.87. The number of hydrogen-bond acceptors (Lipinski definition) is 4. The van der Waals surface area contributed by atoms with Crippen LogP contribution in [0.15, 0.2) is 30.4 Å². The van der Waals surface area contributed by atoms with Crippen LogP contribution in [0.3, 0.4) is 0 Å². The van der Waals surface area contributed by atoms with Gasteiger partial charge in [-0.25, -0.2) is 8.78 Å². The molecule has 0 aliphatic rings. The molecule has 29 heavy (non-hydrogen) atoms. The van der Waals surface area contributed by atoms with E-state index >= 15 is 0 Å². The number of aliphatic hydroxyl groups is 2. The minimum atomic E-state index is -1.11. The van der Waals surface area contributed by atoms with Gasteiger partial charge in [0, 0.05) is 25.6 Å². The van der Waals surface area contributed by atoms with Crippen molar-refractivity contribution in [3.8, 4) is 0 Å². The van der Waals surface area contributed by atoms with E-state index in [2.05, 4.69) is 10.6 Å². The Morgan fingerprint density at radius 2 is 1.83 bits per heavy atom. The topological polar surface area (TPSA) is 98.7 Å². The van der Waals surface area contributed by atoms with Gasteiger partial charge in [0.15, 0.2) is 0 Å². The van der Waals surface area contributed by atoms with Crippen LogP contribution in [-0.4, -0.2) is 46.8 Å². The van der Waals surface area contributed by atoms with Crippen LogP contribution in [0, 0.1) is 11.6 Å². The summed E-state index contributed by atoms with van der Waals surface area (Å²) < 4.78 is 26.9. The van der Waals surface area contributed by atoms with Gasteiger partial charge >= 0.3 is 0 Å². The molecule has 162 valence electrons. The van der Waals surface area contributed by atoms with Crippen molar-refractivity contribution in [2.24, 2.45) is 0 Å². The molecule has 0 saturated carbocycles. The van der Waals surface area contributed by atoms with Crippen LogP contribution in [0.1, 0.15) is 45.1 Å². The zero-order chi connectivity index (χ0) is 21.8. The summed E-state index contributed by atoms with van der Waals surface area (Å²) >= 11 is 0. The zero-order valence-electron chi connectivity index (χ0n) is 16.8. The molecule has 3 atom stereocenters. The van der Waals surface area contributed by atoms with Gasteiger partial charge in [-0.2, -0.15) is 0 Å². The fourth-order valence-corrected chi connectivity index (χ4v) is 2.99. The number of amides is 2. The molecular weight excluding hydrogens is 382 g/mol. The largest absolute Gasteiger partial charge is 0.396 e. The van der Waals surface area contributed by atoms with Gasteiger partial charge in [-0.1, -0.05) is 19.4 Å². The number of unbranched alkanes of at least 4 members (excludes halogenated alkanes) is 1. The molecule has 0 spiro atoms. The van der Waals surface area contributed by atoms with Crippen LogP contribution in [0.2, 0.25) is 0 Å². The number of aliphatic hydroxyl groups excluding tert-OH is 2. The Kier molecular flexibility index (Phi) is 11.1. The molecule has 0 aliphatic heterocycles. The summed E-state index contributed by atoms with van der Waals surface area (Å²) in [5.74, 6) is -2.25. The maximum Gasteiger partial charge on any atom is 0.243 e. The van der Waals surface area contributed by atoms with E-state index in [0.717, 1.165) is 31.0 Å². The van der Waals surface area contributed by atoms with E-state index in [1.54, 1.807) is 6.08 Å². The van der Waals surface area contributed by atoms with E-state index in [1.807, 2.05) is 6.92 Å². The van der Waals surface area contributed by atoms with Crippen LogP contribution in [-0.2, 0) is 16.0 Å². The Balaban J connectivity index is 2.85. The molecule has 0 radical (unpaired) electrons. The quantitative estimate of drug-likeness (QED) is 0.395. The molecule has 0 saturated heterocycles. The molecule has 0 heterocycles. The molecular formula is C21H30F2N2O4. The van der Waals surface area contributed by atoms with E-state index in [0.29, 0.717) is 0 Å². The molecule has 6 nitrogen and oxygen atoms in total. The molecule has 0 aliphatic carbocycles. The lowest BCUT2D eigenvalue weighted by Crippen LogP contribution is -2.47. The number of hydrogen-bond donors (Lipinski definition) is 4. The van der Waals surface area contributed by atoms with Gasteiger partial charge < -0.3 is 20.8 Å². The second-order valence-corrected chi connectivity index (χ2v) is 7.00. The van der Waals surface area contributed by atoms with Crippen molar-refractivity contribution < 1.29 is 28.6 Å². The predicted octanol–water partition coefficient (Wildman–Crippen LogP) is 1.99. The van der Waals surface area contributed by atoms with E-state index in [4.69, 9.17) is 0 Å². The van der Waals surface area contributed by atoms with Crippen LogP contribution in [0.5, 0.6) is 0 Å². The number of carbonyl (C=O) groups is 2. The highest BCUT2D eigenvalue weighted by Gasteiger charge is 2.25. The van der Waals surface area contributed by atoms with Gasteiger partial charge in [0.2, 0.25) is 11.8 Å². The number of nitrogens with one attached hydrogen (secondary N) is 2. The number of rotatable bonds is 12. The maximum absolute atomic E-state index is 13.5. The maximum atomic E-state index is 13.5. The predicted molar refractivity (Wildman–Crippen MR) is 106 cm³/mol. The smallest absolute Gasteiger partial charge is 0.243 e. The zero-order valence-corrected chi connectivity index (χ0v) is 16.8. The van der Waals surface area contributed by atoms with Crippen molar-refractivity contribution in [3.63, 3.8) is 0 Å².